The topological polar surface area (TPSA) is 3.24 Å². The third-order valence-electron chi connectivity index (χ3n) is 12.0. The quantitative estimate of drug-likeness (QED) is 0.187. The van der Waals surface area contributed by atoms with Crippen molar-refractivity contribution in [3.63, 3.8) is 0 Å². The molecule has 1 nitrogen and oxygen atoms in total. The minimum atomic E-state index is -0.113. The molecular formula is C48H39N. The number of hydrogen-bond donors (Lipinski definition) is 0. The Morgan fingerprint density at radius 3 is 1.78 bits per heavy atom. The number of rotatable bonds is 4. The summed E-state index contributed by atoms with van der Waals surface area (Å²) in [5.74, 6) is 0. The predicted molar refractivity (Wildman–Crippen MR) is 206 cm³/mol. The van der Waals surface area contributed by atoms with Crippen molar-refractivity contribution < 1.29 is 0 Å². The Morgan fingerprint density at radius 1 is 0.429 bits per heavy atom. The molecule has 0 atom stereocenters. The molecule has 0 unspecified atom stereocenters. The molecule has 0 radical (unpaired) electrons. The van der Waals surface area contributed by atoms with Gasteiger partial charge in [-0.25, -0.2) is 0 Å². The lowest BCUT2D eigenvalue weighted by atomic mass is 9.76. The first kappa shape index (κ1) is 28.6. The van der Waals surface area contributed by atoms with E-state index in [-0.39, 0.29) is 10.8 Å². The van der Waals surface area contributed by atoms with Gasteiger partial charge < -0.3 is 4.90 Å². The zero-order valence-electron chi connectivity index (χ0n) is 28.2. The highest BCUT2D eigenvalue weighted by molar-refractivity contribution is 5.97. The van der Waals surface area contributed by atoms with Crippen molar-refractivity contribution in [2.75, 3.05) is 4.90 Å². The summed E-state index contributed by atoms with van der Waals surface area (Å²) in [4.78, 5) is 2.53. The van der Waals surface area contributed by atoms with Crippen LogP contribution in [0.2, 0.25) is 0 Å². The van der Waals surface area contributed by atoms with Crippen LogP contribution < -0.4 is 4.90 Å². The van der Waals surface area contributed by atoms with Crippen molar-refractivity contribution in [1.82, 2.24) is 0 Å². The first-order chi connectivity index (χ1) is 24.0. The number of fused-ring (bicyclic) bond motifs is 9. The van der Waals surface area contributed by atoms with Gasteiger partial charge in [-0.15, -0.1) is 0 Å². The van der Waals surface area contributed by atoms with Crippen molar-refractivity contribution in [3.8, 4) is 33.4 Å². The summed E-state index contributed by atoms with van der Waals surface area (Å²) in [6, 6.07) is 57.1. The molecule has 0 aliphatic heterocycles. The summed E-state index contributed by atoms with van der Waals surface area (Å²) in [6.45, 7) is 4.79. The third-order valence-corrected chi connectivity index (χ3v) is 12.0. The number of hydrogen-bond acceptors (Lipinski definition) is 1. The molecule has 0 aromatic heterocycles. The average Bonchev–Trinajstić information content (AvgIpc) is 3.82. The van der Waals surface area contributed by atoms with E-state index in [1.807, 2.05) is 0 Å². The molecule has 3 aliphatic rings. The Balaban J connectivity index is 1.22. The van der Waals surface area contributed by atoms with E-state index in [4.69, 9.17) is 0 Å². The molecule has 0 N–H and O–H groups in total. The van der Waals surface area contributed by atoms with Crippen LogP contribution in [0.3, 0.4) is 0 Å². The van der Waals surface area contributed by atoms with Gasteiger partial charge in [0.1, 0.15) is 0 Å². The molecule has 0 bridgehead atoms. The van der Waals surface area contributed by atoms with E-state index in [1.54, 1.807) is 0 Å². The minimum absolute atomic E-state index is 0.104. The van der Waals surface area contributed by atoms with E-state index in [9.17, 15) is 0 Å². The smallest absolute Gasteiger partial charge is 0.0540 e. The summed E-state index contributed by atoms with van der Waals surface area (Å²) >= 11 is 0. The molecule has 7 aromatic carbocycles. The van der Waals surface area contributed by atoms with Gasteiger partial charge in [0.25, 0.3) is 0 Å². The maximum atomic E-state index is 2.54. The number of para-hydroxylation sites is 1. The second-order valence-corrected chi connectivity index (χ2v) is 14.8. The standard InChI is InChI=1S/C48H39N/c1-47(2)42-21-8-5-17-37(42)40-19-13-20-41(46(40)47)39-18-7-10-23-45(39)49(34-25-24-32-14-3-4-15-33(32)30-34)35-26-27-38-36-16-6-9-22-43(36)48(44(38)31-35)28-11-12-29-48/h3-10,13-27,30-31H,11-12,28-29H2,1-2H3. The van der Waals surface area contributed by atoms with E-state index in [0.717, 1.165) is 0 Å². The molecule has 10 rings (SSSR count). The molecule has 0 saturated heterocycles. The second kappa shape index (κ2) is 10.5. The highest BCUT2D eigenvalue weighted by Crippen LogP contribution is 2.58. The van der Waals surface area contributed by atoms with Crippen LogP contribution in [0.5, 0.6) is 0 Å². The van der Waals surface area contributed by atoms with Gasteiger partial charge in [-0.1, -0.05) is 148 Å². The zero-order valence-corrected chi connectivity index (χ0v) is 28.2. The second-order valence-electron chi connectivity index (χ2n) is 14.8. The zero-order chi connectivity index (χ0) is 32.7. The van der Waals surface area contributed by atoms with Crippen LogP contribution in [0.25, 0.3) is 44.2 Å². The van der Waals surface area contributed by atoms with Gasteiger partial charge >= 0.3 is 0 Å². The van der Waals surface area contributed by atoms with Crippen molar-refractivity contribution >= 4 is 27.8 Å². The molecule has 3 aliphatic carbocycles. The maximum absolute atomic E-state index is 2.54. The van der Waals surface area contributed by atoms with Crippen LogP contribution in [-0.4, -0.2) is 0 Å². The number of nitrogens with zero attached hydrogens (tertiary/aromatic N) is 1. The van der Waals surface area contributed by atoms with E-state index in [0.29, 0.717) is 0 Å². The van der Waals surface area contributed by atoms with Gasteiger partial charge in [0.15, 0.2) is 0 Å². The number of benzene rings is 7. The molecule has 1 heteroatoms. The fraction of sp³-hybridized carbons (Fsp3) is 0.167. The van der Waals surface area contributed by atoms with Crippen molar-refractivity contribution in [2.45, 2.75) is 50.4 Å². The molecule has 49 heavy (non-hydrogen) atoms. The van der Waals surface area contributed by atoms with Crippen molar-refractivity contribution in [2.24, 2.45) is 0 Å². The van der Waals surface area contributed by atoms with E-state index in [1.165, 1.54) is 109 Å². The largest absolute Gasteiger partial charge is 0.310 e. The molecule has 0 amide bonds. The highest BCUT2D eigenvalue weighted by atomic mass is 15.1. The van der Waals surface area contributed by atoms with Gasteiger partial charge in [-0.2, -0.15) is 0 Å². The summed E-state index contributed by atoms with van der Waals surface area (Å²) in [5.41, 5.74) is 17.5. The molecule has 7 aromatic rings. The highest BCUT2D eigenvalue weighted by Gasteiger charge is 2.45. The third kappa shape index (κ3) is 4.05. The molecule has 236 valence electrons. The monoisotopic (exact) mass is 629 g/mol. The van der Waals surface area contributed by atoms with Crippen LogP contribution in [0.4, 0.5) is 17.1 Å². The maximum Gasteiger partial charge on any atom is 0.0540 e. The lowest BCUT2D eigenvalue weighted by Crippen LogP contribution is -2.21. The van der Waals surface area contributed by atoms with Gasteiger partial charge in [0.2, 0.25) is 0 Å². The fourth-order valence-corrected chi connectivity index (χ4v) is 9.81. The number of anilines is 3. The Kier molecular flexibility index (Phi) is 6.16. The summed E-state index contributed by atoms with van der Waals surface area (Å²) < 4.78 is 0. The van der Waals surface area contributed by atoms with Gasteiger partial charge in [0.05, 0.1) is 5.69 Å². The van der Waals surface area contributed by atoms with Gasteiger partial charge in [0, 0.05) is 27.8 Å². The molecule has 1 saturated carbocycles. The average molecular weight is 630 g/mol. The Hall–Kier alpha value is -5.40. The van der Waals surface area contributed by atoms with E-state index in [2.05, 4.69) is 170 Å². The normalized spacial score (nSPS) is 16.0. The Labute approximate surface area is 289 Å². The minimum Gasteiger partial charge on any atom is -0.310 e. The molecule has 1 spiro atoms. The molecular weight excluding hydrogens is 591 g/mol. The van der Waals surface area contributed by atoms with Crippen LogP contribution in [0.1, 0.15) is 61.8 Å². The van der Waals surface area contributed by atoms with Gasteiger partial charge in [-0.3, -0.25) is 0 Å². The molecule has 1 fully saturated rings. The predicted octanol–water partition coefficient (Wildman–Crippen LogP) is 13.1. The van der Waals surface area contributed by atoms with Crippen LogP contribution in [0.15, 0.2) is 152 Å². The molecule has 0 heterocycles. The fourth-order valence-electron chi connectivity index (χ4n) is 9.81. The summed E-state index contributed by atoms with van der Waals surface area (Å²) in [7, 11) is 0. The Morgan fingerprint density at radius 2 is 0.980 bits per heavy atom. The first-order valence-electron chi connectivity index (χ1n) is 17.9. The summed E-state index contributed by atoms with van der Waals surface area (Å²) in [6.07, 6.45) is 5.01. The van der Waals surface area contributed by atoms with Crippen LogP contribution >= 0.6 is 0 Å². The van der Waals surface area contributed by atoms with Crippen molar-refractivity contribution in [3.05, 3.63) is 174 Å². The SMILES string of the molecule is CC1(C)c2ccccc2-c2cccc(-c3ccccc3N(c3ccc4c(c3)C3(CCCC3)c3ccccc3-4)c3ccc4ccccc4c3)c21. The van der Waals surface area contributed by atoms with Crippen molar-refractivity contribution in [1.29, 1.82) is 0 Å². The lowest BCUT2D eigenvalue weighted by molar-refractivity contribution is 0.550. The van der Waals surface area contributed by atoms with Crippen LogP contribution in [0, 0.1) is 0 Å². The first-order valence-corrected chi connectivity index (χ1v) is 17.9. The van der Waals surface area contributed by atoms with Gasteiger partial charge in [-0.05, 0) is 104 Å². The van der Waals surface area contributed by atoms with E-state index >= 15 is 0 Å². The van der Waals surface area contributed by atoms with E-state index < -0.39 is 0 Å². The van der Waals surface area contributed by atoms with Crippen LogP contribution in [-0.2, 0) is 10.8 Å². The Bertz CT molecular complexity index is 2440. The summed E-state index contributed by atoms with van der Waals surface area (Å²) in [5, 5.41) is 2.51. The lowest BCUT2D eigenvalue weighted by Gasteiger charge is -2.32.